The first-order valence-corrected chi connectivity index (χ1v) is 21.1. The highest BCUT2D eigenvalue weighted by Crippen LogP contribution is 2.49. The molecular formula is C40H50F3N5O8S. The number of carbonyl (C=O) groups excluding carboxylic acids is 4. The predicted molar refractivity (Wildman–Crippen MR) is 202 cm³/mol. The Balaban J connectivity index is 1.24. The molecule has 2 saturated carbocycles. The van der Waals surface area contributed by atoms with E-state index in [1.54, 1.807) is 34.6 Å². The van der Waals surface area contributed by atoms with Crippen molar-refractivity contribution in [3.8, 4) is 5.75 Å². The number of allylic oxidation sites excluding steroid dienone is 1. The smallest absolute Gasteiger partial charge is 0.416 e. The van der Waals surface area contributed by atoms with Crippen molar-refractivity contribution < 1.29 is 50.2 Å². The van der Waals surface area contributed by atoms with Crippen LogP contribution < -0.4 is 20.1 Å². The molecule has 1 aromatic heterocycles. The zero-order chi connectivity index (χ0) is 41.3. The van der Waals surface area contributed by atoms with Crippen LogP contribution in [0.15, 0.2) is 30.4 Å². The van der Waals surface area contributed by atoms with Crippen molar-refractivity contribution in [2.45, 2.75) is 145 Å². The number of hydrogen-bond donors (Lipinski definition) is 3. The number of halogens is 3. The van der Waals surface area contributed by atoms with E-state index in [0.29, 0.717) is 54.3 Å². The second-order valence-electron chi connectivity index (χ2n) is 17.6. The molecule has 1 saturated heterocycles. The number of alkyl carbamates (subject to hydrolysis) is 1. The number of nitrogens with one attached hydrogen (secondary N) is 3. The number of alkyl halides is 3. The third-order valence-corrected chi connectivity index (χ3v) is 14.2. The molecule has 2 aromatic rings. The lowest BCUT2D eigenvalue weighted by atomic mass is 9.87. The monoisotopic (exact) mass is 817 g/mol. The summed E-state index contributed by atoms with van der Waals surface area (Å²) in [7, 11) is -4.05. The molecule has 0 radical (unpaired) electrons. The van der Waals surface area contributed by atoms with Gasteiger partial charge in [0.15, 0.2) is 0 Å². The second-order valence-corrected chi connectivity index (χ2v) is 19.8. The average molecular weight is 818 g/mol. The molecular weight excluding hydrogens is 768 g/mol. The summed E-state index contributed by atoms with van der Waals surface area (Å²) in [6.45, 7) is 8.20. The molecule has 3 N–H and O–H groups in total. The Morgan fingerprint density at radius 1 is 1.07 bits per heavy atom. The number of nitrogens with zero attached hydrogens (tertiary/aromatic N) is 2. The lowest BCUT2D eigenvalue weighted by Gasteiger charge is -2.37. The lowest BCUT2D eigenvalue weighted by molar-refractivity contribution is -0.141. The molecule has 2 aliphatic carbocycles. The van der Waals surface area contributed by atoms with E-state index in [1.165, 1.54) is 11.0 Å². The van der Waals surface area contributed by atoms with Crippen molar-refractivity contribution in [3.63, 3.8) is 0 Å². The van der Waals surface area contributed by atoms with E-state index in [-0.39, 0.29) is 44.4 Å². The van der Waals surface area contributed by atoms with Gasteiger partial charge in [0.2, 0.25) is 21.8 Å². The highest BCUT2D eigenvalue weighted by molar-refractivity contribution is 7.91. The predicted octanol–water partition coefficient (Wildman–Crippen LogP) is 5.51. The summed E-state index contributed by atoms with van der Waals surface area (Å²) in [5.74, 6) is -2.36. The fourth-order valence-electron chi connectivity index (χ4n) is 8.32. The van der Waals surface area contributed by atoms with Crippen LogP contribution in [0.3, 0.4) is 0 Å². The SMILES string of the molecule is Cc1nc2ccc(C(F)(F)F)cc2c2c1OC1(CC2)CC2C(=O)NC3(C(=O)NS(=O)(=O)C4(C)CC4)CC3C=CCCCCCC(NC(=O)OC(C)(C)C)C(=O)N2C1. The van der Waals surface area contributed by atoms with Gasteiger partial charge in [0, 0.05) is 23.3 Å². The summed E-state index contributed by atoms with van der Waals surface area (Å²) in [5, 5.41) is 5.87. The van der Waals surface area contributed by atoms with Gasteiger partial charge < -0.3 is 25.0 Å². The molecule has 57 heavy (non-hydrogen) atoms. The molecule has 5 aliphatic rings. The average Bonchev–Trinajstić information content (AvgIpc) is 4.00. The van der Waals surface area contributed by atoms with Gasteiger partial charge in [-0.15, -0.1) is 0 Å². The van der Waals surface area contributed by atoms with Gasteiger partial charge in [0.1, 0.15) is 34.6 Å². The largest absolute Gasteiger partial charge is 0.483 e. The van der Waals surface area contributed by atoms with Gasteiger partial charge in [-0.2, -0.15) is 13.2 Å². The van der Waals surface area contributed by atoms with Crippen LogP contribution in [0.1, 0.15) is 109 Å². The Morgan fingerprint density at radius 3 is 2.49 bits per heavy atom. The van der Waals surface area contributed by atoms with Crippen molar-refractivity contribution in [2.24, 2.45) is 5.92 Å². The summed E-state index contributed by atoms with van der Waals surface area (Å²) in [6.07, 6.45) is 2.59. The second kappa shape index (κ2) is 14.2. The number of rotatable bonds is 4. The molecule has 5 atom stereocenters. The van der Waals surface area contributed by atoms with Crippen molar-refractivity contribution in [3.05, 3.63) is 47.2 Å². The molecule has 1 aromatic carbocycles. The van der Waals surface area contributed by atoms with Crippen LogP contribution in [-0.4, -0.2) is 82.2 Å². The Kier molecular flexibility index (Phi) is 10.1. The van der Waals surface area contributed by atoms with E-state index in [2.05, 4.69) is 20.3 Å². The number of hydrogen-bond acceptors (Lipinski definition) is 9. The number of aryl methyl sites for hydroxylation is 2. The maximum atomic E-state index is 14.7. The fourth-order valence-corrected chi connectivity index (χ4v) is 9.63. The lowest BCUT2D eigenvalue weighted by Crippen LogP contribution is -2.58. The normalized spacial score (nSPS) is 28.8. The zero-order valence-corrected chi connectivity index (χ0v) is 33.6. The Labute approximate surface area is 329 Å². The number of amides is 4. The Hall–Kier alpha value is -4.41. The van der Waals surface area contributed by atoms with Gasteiger partial charge in [-0.3, -0.25) is 19.1 Å². The summed E-state index contributed by atoms with van der Waals surface area (Å²) in [5.41, 5.74) is -3.15. The maximum absolute atomic E-state index is 14.7. The van der Waals surface area contributed by atoms with Crippen LogP contribution in [0, 0.1) is 12.8 Å². The van der Waals surface area contributed by atoms with E-state index < -0.39 is 85.1 Å². The molecule has 7 rings (SSSR count). The van der Waals surface area contributed by atoms with E-state index in [4.69, 9.17) is 9.47 Å². The number of aromatic nitrogens is 1. The zero-order valence-electron chi connectivity index (χ0n) is 32.8. The van der Waals surface area contributed by atoms with Crippen LogP contribution in [0.25, 0.3) is 10.9 Å². The first-order chi connectivity index (χ1) is 26.6. The van der Waals surface area contributed by atoms with E-state index >= 15 is 0 Å². The number of pyridine rings is 1. The first kappa shape index (κ1) is 40.8. The van der Waals surface area contributed by atoms with E-state index in [0.717, 1.165) is 18.6 Å². The highest BCUT2D eigenvalue weighted by Gasteiger charge is 2.64. The molecule has 4 heterocycles. The van der Waals surface area contributed by atoms with Gasteiger partial charge in [0.05, 0.1) is 28.1 Å². The van der Waals surface area contributed by atoms with Gasteiger partial charge in [-0.25, -0.2) is 18.2 Å². The number of fused-ring (bicyclic) bond motifs is 5. The van der Waals surface area contributed by atoms with Crippen LogP contribution >= 0.6 is 0 Å². The minimum atomic E-state index is -4.58. The first-order valence-electron chi connectivity index (χ1n) is 19.6. The van der Waals surface area contributed by atoms with Gasteiger partial charge in [-0.1, -0.05) is 25.0 Å². The third-order valence-electron chi connectivity index (χ3n) is 12.0. The number of carbonyl (C=O) groups is 4. The van der Waals surface area contributed by atoms with Crippen molar-refractivity contribution in [1.29, 1.82) is 0 Å². The van der Waals surface area contributed by atoms with Crippen molar-refractivity contribution >= 4 is 44.7 Å². The molecule has 0 bridgehead atoms. The topological polar surface area (TPSA) is 173 Å². The van der Waals surface area contributed by atoms with Crippen LogP contribution in [0.5, 0.6) is 5.75 Å². The molecule has 13 nitrogen and oxygen atoms in total. The maximum Gasteiger partial charge on any atom is 0.416 e. The minimum Gasteiger partial charge on any atom is -0.483 e. The minimum absolute atomic E-state index is 0.0577. The quantitative estimate of drug-likeness (QED) is 0.337. The van der Waals surface area contributed by atoms with Gasteiger partial charge in [0.25, 0.3) is 5.91 Å². The van der Waals surface area contributed by atoms with Gasteiger partial charge in [-0.05, 0) is 104 Å². The van der Waals surface area contributed by atoms with E-state index in [1.807, 2.05) is 12.2 Å². The number of ether oxygens (including phenoxy) is 2. The van der Waals surface area contributed by atoms with Crippen LogP contribution in [-0.2, 0) is 41.7 Å². The standard InChI is InChI=1S/C40H50F3N5O8S/c1-23-31-26(27-19-24(40(41,42)43)13-14-28(27)44-23)15-16-38(55-31)21-30-32(49)46-39(34(51)47-57(53,54)37(5)17-18-37)20-25(39)11-9-7-6-8-10-12-29(33(50)48(30)22-38)45-35(52)56-36(2,3)4/h9,11,13-14,19,25,29-30H,6-8,10,12,15-18,20-22H2,1-5H3,(H,45,52)(H,46,49)(H,47,51). The molecule has 310 valence electrons. The number of benzene rings is 1. The summed E-state index contributed by atoms with van der Waals surface area (Å²) in [4.78, 5) is 62.2. The number of sulfonamides is 1. The Morgan fingerprint density at radius 2 is 1.81 bits per heavy atom. The molecule has 4 amide bonds. The molecule has 1 spiro atoms. The summed E-state index contributed by atoms with van der Waals surface area (Å²) < 4.78 is 81.0. The molecule has 5 unspecified atom stereocenters. The molecule has 17 heteroatoms. The highest BCUT2D eigenvalue weighted by atomic mass is 32.2. The van der Waals surface area contributed by atoms with E-state index in [9.17, 15) is 40.8 Å². The summed E-state index contributed by atoms with van der Waals surface area (Å²) in [6, 6.07) is 1.04. The fraction of sp³-hybridized carbons (Fsp3) is 0.625. The van der Waals surface area contributed by atoms with Crippen LogP contribution in [0.4, 0.5) is 18.0 Å². The third kappa shape index (κ3) is 8.04. The van der Waals surface area contributed by atoms with Gasteiger partial charge >= 0.3 is 12.3 Å². The Bertz CT molecular complexity index is 2150. The van der Waals surface area contributed by atoms with Crippen LogP contribution in [0.2, 0.25) is 0 Å². The molecule has 3 aliphatic heterocycles. The summed E-state index contributed by atoms with van der Waals surface area (Å²) >= 11 is 0. The van der Waals surface area contributed by atoms with Crippen molar-refractivity contribution in [2.75, 3.05) is 6.54 Å². The van der Waals surface area contributed by atoms with Crippen molar-refractivity contribution in [1.82, 2.24) is 25.2 Å². The molecule has 3 fully saturated rings.